The van der Waals surface area contributed by atoms with E-state index < -0.39 is 28.3 Å². The lowest BCUT2D eigenvalue weighted by atomic mass is 9.71. The summed E-state index contributed by atoms with van der Waals surface area (Å²) >= 11 is 0. The topological polar surface area (TPSA) is 336 Å². The molecule has 1 aliphatic carbocycles. The number of aromatic nitrogens is 13. The minimum atomic E-state index is -1.90. The van der Waals surface area contributed by atoms with Crippen molar-refractivity contribution in [3.05, 3.63) is 275 Å². The molecule has 0 amide bonds. The molecule has 0 saturated heterocycles. The summed E-state index contributed by atoms with van der Waals surface area (Å²) in [5, 5.41) is 48.9. The van der Waals surface area contributed by atoms with Gasteiger partial charge in [0.1, 0.15) is 28.4 Å². The van der Waals surface area contributed by atoms with Crippen LogP contribution in [0.25, 0.3) is 66.5 Å². The highest BCUT2D eigenvalue weighted by Gasteiger charge is 2.45. The third-order valence-electron chi connectivity index (χ3n) is 17.7. The minimum Gasteiger partial charge on any atom is -0.378 e. The Morgan fingerprint density at radius 3 is 1.31 bits per heavy atom. The lowest BCUT2D eigenvalue weighted by Crippen LogP contribution is -2.38. The number of nitrogens with one attached hydrogen (secondary N) is 6. The van der Waals surface area contributed by atoms with Crippen LogP contribution < -0.4 is 17.1 Å². The second kappa shape index (κ2) is 24.7. The Kier molecular flexibility index (Phi) is 16.2. The van der Waals surface area contributed by atoms with Crippen molar-refractivity contribution in [2.75, 3.05) is 0 Å². The van der Waals surface area contributed by atoms with Crippen LogP contribution in [0.15, 0.2) is 186 Å². The van der Waals surface area contributed by atoms with Crippen LogP contribution in [-0.2, 0) is 16.8 Å². The Hall–Kier alpha value is -11.3. The molecule has 0 bridgehead atoms. The first kappa shape index (κ1) is 61.6. The Morgan fingerprint density at radius 2 is 0.840 bits per heavy atom. The largest absolute Gasteiger partial charge is 0.378 e. The average Bonchev–Trinajstić information content (AvgIpc) is 1.36. The number of benzene rings is 4. The van der Waals surface area contributed by atoms with E-state index in [-0.39, 0.29) is 50.8 Å². The fourth-order valence-corrected chi connectivity index (χ4v) is 13.4. The monoisotopic (exact) mass is 1260 g/mol. The molecular weight excluding hydrogens is 1200 g/mol. The van der Waals surface area contributed by atoms with Gasteiger partial charge >= 0.3 is 17.1 Å². The molecule has 0 radical (unpaired) electrons. The molecule has 0 spiro atoms. The fraction of sp³-hybridized carbons (Fsp3) is 0.211. The van der Waals surface area contributed by atoms with E-state index in [2.05, 4.69) is 65.3 Å². The molecule has 10 heterocycles. The summed E-state index contributed by atoms with van der Waals surface area (Å²) < 4.78 is 31.6. The van der Waals surface area contributed by atoms with Gasteiger partial charge < -0.3 is 58.8 Å². The molecule has 1 saturated carbocycles. The maximum Gasteiger partial charge on any atom is 0.323 e. The van der Waals surface area contributed by atoms with Crippen LogP contribution in [0.4, 0.5) is 4.39 Å². The van der Waals surface area contributed by atoms with Gasteiger partial charge in [-0.15, -0.1) is 0 Å². The highest BCUT2D eigenvalue weighted by molar-refractivity contribution is 5.90. The molecule has 15 rings (SSSR count). The molecule has 2 atom stereocenters. The molecular formula is C71H64FN13O9. The molecule has 14 aromatic rings. The Labute approximate surface area is 534 Å². The molecule has 2 unspecified atom stereocenters. The number of aliphatic hydroxyl groups is 3. The van der Waals surface area contributed by atoms with Gasteiger partial charge in [-0.1, -0.05) is 89.3 Å². The lowest BCUT2D eigenvalue weighted by molar-refractivity contribution is -0.00326. The van der Waals surface area contributed by atoms with Gasteiger partial charge in [-0.25, -0.2) is 18.8 Å². The van der Waals surface area contributed by atoms with E-state index in [0.29, 0.717) is 78.7 Å². The number of imidazole rings is 3. The molecule has 22 nitrogen and oxygen atoms in total. The second-order valence-corrected chi connectivity index (χ2v) is 23.5. The maximum atomic E-state index is 15.6. The predicted octanol–water partition coefficient (Wildman–Crippen LogP) is 11.5. The molecule has 94 heavy (non-hydrogen) atoms. The van der Waals surface area contributed by atoms with E-state index in [1.807, 2.05) is 107 Å². The lowest BCUT2D eigenvalue weighted by Gasteiger charge is -2.39. The zero-order chi connectivity index (χ0) is 65.6. The molecule has 9 N–H and O–H groups in total. The van der Waals surface area contributed by atoms with Gasteiger partial charge in [0.05, 0.1) is 73.0 Å². The van der Waals surface area contributed by atoms with Crippen molar-refractivity contribution in [2.24, 2.45) is 5.92 Å². The number of nitrogens with zero attached hydrogens (tertiary/aromatic N) is 7. The Morgan fingerprint density at radius 1 is 0.436 bits per heavy atom. The fourth-order valence-electron chi connectivity index (χ4n) is 13.4. The van der Waals surface area contributed by atoms with Crippen molar-refractivity contribution in [1.29, 1.82) is 0 Å². The number of H-pyrrole nitrogens is 6. The summed E-state index contributed by atoms with van der Waals surface area (Å²) in [5.74, 6) is 1.09. The average molecular weight is 1260 g/mol. The molecule has 0 aliphatic heterocycles. The normalized spacial score (nSPS) is 14.1. The van der Waals surface area contributed by atoms with Gasteiger partial charge in [0.2, 0.25) is 0 Å². The van der Waals surface area contributed by atoms with E-state index in [0.717, 1.165) is 59.3 Å². The third-order valence-corrected chi connectivity index (χ3v) is 17.7. The van der Waals surface area contributed by atoms with E-state index in [1.165, 1.54) is 12.5 Å². The second-order valence-electron chi connectivity index (χ2n) is 23.5. The highest BCUT2D eigenvalue weighted by Crippen LogP contribution is 2.48. The number of hydrogen-bond donors (Lipinski definition) is 9. The van der Waals surface area contributed by atoms with Gasteiger partial charge in [-0.3, -0.25) is 19.9 Å². The molecule has 1 fully saturated rings. The van der Waals surface area contributed by atoms with Crippen LogP contribution in [0.3, 0.4) is 0 Å². The molecule has 23 heteroatoms. The number of pyridine rings is 4. The smallest absolute Gasteiger partial charge is 0.323 e. The Balaban J connectivity index is 0.000000128. The van der Waals surface area contributed by atoms with Crippen LogP contribution in [0, 0.1) is 53.3 Å². The standard InChI is InChI=1S/C24H26N4O3.C24H20N4O3.C23H18FN5O3/c2*1-14-21(15(2)31-28-14)16-12-18(22-19(13-16)26-23(29)27-22)24(30,17-8-4-3-5-9-17)20-10-6-7-11-25-20;1-12-18(13(2)32-29-12)14-11-15(20-21(19(14)24)28-22(30)27-20)23(31,16-7-3-5-9-25-16)17-8-4-6-10-26-17/h6-7,10-13,17,30H,3-5,8-9H2,1-2H3,(H2,26,27,29);3-13,30H,1-2H3,(H2,26,27,29);3-11,31H,1-2H3,(H2,27,28,30). The summed E-state index contributed by atoms with van der Waals surface area (Å²) in [4.78, 5) is 71.0. The first-order chi connectivity index (χ1) is 45.4. The zero-order valence-corrected chi connectivity index (χ0v) is 51.9. The van der Waals surface area contributed by atoms with Gasteiger partial charge in [0, 0.05) is 58.2 Å². The van der Waals surface area contributed by atoms with Crippen molar-refractivity contribution in [2.45, 2.75) is 90.4 Å². The quantitative estimate of drug-likeness (QED) is 0.0549. The summed E-state index contributed by atoms with van der Waals surface area (Å²) in [6.45, 7) is 10.8. The van der Waals surface area contributed by atoms with Gasteiger partial charge in [-0.05, 0) is 156 Å². The zero-order valence-electron chi connectivity index (χ0n) is 51.9. The number of halogens is 1. The number of hydrogen-bond acceptors (Lipinski definition) is 16. The Bertz CT molecular complexity index is 5100. The van der Waals surface area contributed by atoms with Crippen LogP contribution >= 0.6 is 0 Å². The maximum absolute atomic E-state index is 15.6. The van der Waals surface area contributed by atoms with Gasteiger partial charge in [-0.2, -0.15) is 0 Å². The molecule has 1 aliphatic rings. The van der Waals surface area contributed by atoms with E-state index in [9.17, 15) is 29.7 Å². The first-order valence-electron chi connectivity index (χ1n) is 30.5. The SMILES string of the molecule is Cc1noc(C)c1-c1cc(C(O)(c2ccccc2)c2ccccn2)c2[nH]c(=O)[nH]c2c1.Cc1noc(C)c1-c1cc(C(O)(c2ccccn2)C2CCCCC2)c2[nH]c(=O)[nH]c2c1.Cc1noc(C)c1-c1cc(C(O)(c2ccccn2)c2ccccn2)c2[nH]c(=O)[nH]c2c1F. The van der Waals surface area contributed by atoms with E-state index in [1.54, 1.807) is 87.2 Å². The van der Waals surface area contributed by atoms with Crippen LogP contribution in [0.5, 0.6) is 0 Å². The summed E-state index contributed by atoms with van der Waals surface area (Å²) in [6, 6.07) is 39.5. The summed E-state index contributed by atoms with van der Waals surface area (Å²) in [5.41, 5.74) is 5.68. The van der Waals surface area contributed by atoms with Gasteiger partial charge in [0.15, 0.2) is 17.0 Å². The number of aryl methyl sites for hydroxylation is 6. The van der Waals surface area contributed by atoms with Gasteiger partial charge in [0.25, 0.3) is 0 Å². The summed E-state index contributed by atoms with van der Waals surface area (Å²) in [7, 11) is 0. The number of rotatable bonds is 12. The van der Waals surface area contributed by atoms with E-state index >= 15 is 4.39 Å². The summed E-state index contributed by atoms with van der Waals surface area (Å²) in [6.07, 6.45) is 11.5. The van der Waals surface area contributed by atoms with Crippen molar-refractivity contribution in [3.63, 3.8) is 0 Å². The van der Waals surface area contributed by atoms with Crippen molar-refractivity contribution in [3.8, 4) is 33.4 Å². The minimum absolute atomic E-state index is 0.00216. The van der Waals surface area contributed by atoms with E-state index in [4.69, 9.17) is 13.6 Å². The molecule has 4 aromatic carbocycles. The number of aromatic amines is 6. The van der Waals surface area contributed by atoms with Crippen LogP contribution in [0.2, 0.25) is 0 Å². The van der Waals surface area contributed by atoms with Crippen molar-refractivity contribution < 1.29 is 33.3 Å². The van der Waals surface area contributed by atoms with Crippen molar-refractivity contribution >= 4 is 33.1 Å². The van der Waals surface area contributed by atoms with Crippen LogP contribution in [0.1, 0.15) is 111 Å². The third kappa shape index (κ3) is 10.8. The highest BCUT2D eigenvalue weighted by atomic mass is 19.1. The molecule has 474 valence electrons. The van der Waals surface area contributed by atoms with Crippen molar-refractivity contribution in [1.82, 2.24) is 65.3 Å². The predicted molar refractivity (Wildman–Crippen MR) is 349 cm³/mol. The first-order valence-corrected chi connectivity index (χ1v) is 30.5. The number of fused-ring (bicyclic) bond motifs is 3. The molecule has 10 aromatic heterocycles. The van der Waals surface area contributed by atoms with Crippen LogP contribution in [-0.4, -0.2) is 80.6 Å².